The van der Waals surface area contributed by atoms with Crippen molar-refractivity contribution < 1.29 is 14.9 Å². The van der Waals surface area contributed by atoms with Crippen LogP contribution in [0.2, 0.25) is 0 Å². The zero-order valence-corrected chi connectivity index (χ0v) is 20.6. The van der Waals surface area contributed by atoms with E-state index >= 15 is 0 Å². The molecule has 4 aromatic rings. The summed E-state index contributed by atoms with van der Waals surface area (Å²) in [7, 11) is 0. The number of rotatable bonds is 7. The van der Waals surface area contributed by atoms with Crippen LogP contribution in [0.15, 0.2) is 66.7 Å². The summed E-state index contributed by atoms with van der Waals surface area (Å²) in [6.45, 7) is 7.90. The largest absolute Gasteiger partial charge is 0.508 e. The molecule has 2 N–H and O–H groups in total. The molecule has 1 unspecified atom stereocenters. The predicted molar refractivity (Wildman–Crippen MR) is 141 cm³/mol. The molecule has 2 heterocycles. The van der Waals surface area contributed by atoms with Crippen molar-refractivity contribution in [2.75, 3.05) is 19.7 Å². The van der Waals surface area contributed by atoms with E-state index < -0.39 is 0 Å². The number of fused-ring (bicyclic) bond motifs is 1. The van der Waals surface area contributed by atoms with E-state index in [1.807, 2.05) is 36.4 Å². The number of piperidine rings is 1. The number of nitrogens with zero attached hydrogens (tertiary/aromatic N) is 2. The highest BCUT2D eigenvalue weighted by Crippen LogP contribution is 2.36. The Morgan fingerprint density at radius 3 is 2.51 bits per heavy atom. The smallest absolute Gasteiger partial charge is 0.119 e. The van der Waals surface area contributed by atoms with Crippen LogP contribution < -0.4 is 4.74 Å². The molecule has 5 rings (SSSR count). The van der Waals surface area contributed by atoms with Crippen molar-refractivity contribution in [3.8, 4) is 28.5 Å². The number of aromatic hydroxyl groups is 2. The Morgan fingerprint density at radius 2 is 1.74 bits per heavy atom. The molecule has 1 aliphatic heterocycles. The van der Waals surface area contributed by atoms with Crippen LogP contribution in [0.25, 0.3) is 22.2 Å². The lowest BCUT2D eigenvalue weighted by atomic mass is 10.0. The lowest BCUT2D eigenvalue weighted by Gasteiger charge is -2.33. The van der Waals surface area contributed by atoms with Gasteiger partial charge >= 0.3 is 0 Å². The highest BCUT2D eigenvalue weighted by atomic mass is 16.5. The summed E-state index contributed by atoms with van der Waals surface area (Å²) in [4.78, 5) is 2.53. The number of hydrogen-bond acceptors (Lipinski definition) is 4. The highest BCUT2D eigenvalue weighted by molar-refractivity contribution is 5.92. The molecule has 1 fully saturated rings. The SMILES string of the molecule is Cc1c(-c2cccc(O)c2)n(Cc2ccc(OCCN3CCCCC3C)cc2)c2ccc(O)cc12. The van der Waals surface area contributed by atoms with Crippen LogP contribution in [0.1, 0.15) is 37.3 Å². The van der Waals surface area contributed by atoms with Crippen LogP contribution in [0.5, 0.6) is 17.2 Å². The molecule has 182 valence electrons. The number of phenolic OH excluding ortho intramolecular Hbond substituents is 2. The molecule has 0 saturated carbocycles. The number of ether oxygens (including phenoxy) is 1. The van der Waals surface area contributed by atoms with Gasteiger partial charge in [-0.1, -0.05) is 30.7 Å². The summed E-state index contributed by atoms with van der Waals surface area (Å²) < 4.78 is 8.31. The Bertz CT molecular complexity index is 1310. The van der Waals surface area contributed by atoms with E-state index in [0.29, 0.717) is 19.2 Å². The van der Waals surface area contributed by atoms with E-state index in [4.69, 9.17) is 4.74 Å². The van der Waals surface area contributed by atoms with Crippen molar-refractivity contribution in [2.24, 2.45) is 0 Å². The molecule has 0 amide bonds. The standard InChI is InChI=1S/C30H34N2O3/c1-21-6-3-4-15-31(21)16-17-35-27-12-9-23(10-13-27)20-32-29-14-11-26(34)19-28(29)22(2)30(32)24-7-5-8-25(33)18-24/h5,7-14,18-19,21,33-34H,3-4,6,15-17,20H2,1-2H3. The van der Waals surface area contributed by atoms with Gasteiger partial charge in [-0.15, -0.1) is 0 Å². The highest BCUT2D eigenvalue weighted by Gasteiger charge is 2.18. The Labute approximate surface area is 207 Å². The summed E-state index contributed by atoms with van der Waals surface area (Å²) in [6.07, 6.45) is 3.91. The van der Waals surface area contributed by atoms with Gasteiger partial charge in [0.25, 0.3) is 0 Å². The molecule has 0 bridgehead atoms. The third-order valence-corrected chi connectivity index (χ3v) is 7.27. The predicted octanol–water partition coefficient (Wildman–Crippen LogP) is 6.33. The zero-order chi connectivity index (χ0) is 24.4. The van der Waals surface area contributed by atoms with Crippen LogP contribution in [0, 0.1) is 6.92 Å². The molecular weight excluding hydrogens is 436 g/mol. The van der Waals surface area contributed by atoms with Crippen LogP contribution in [-0.4, -0.2) is 45.4 Å². The molecular formula is C30H34N2O3. The topological polar surface area (TPSA) is 57.9 Å². The van der Waals surface area contributed by atoms with Gasteiger partial charge in [0.1, 0.15) is 23.9 Å². The van der Waals surface area contributed by atoms with Crippen molar-refractivity contribution in [1.29, 1.82) is 0 Å². The zero-order valence-electron chi connectivity index (χ0n) is 20.6. The summed E-state index contributed by atoms with van der Waals surface area (Å²) in [6, 6.07) is 21.8. The summed E-state index contributed by atoms with van der Waals surface area (Å²) >= 11 is 0. The lowest BCUT2D eigenvalue weighted by Crippen LogP contribution is -2.39. The molecule has 35 heavy (non-hydrogen) atoms. The number of benzene rings is 3. The maximum absolute atomic E-state index is 10.1. The molecule has 5 heteroatoms. The second kappa shape index (κ2) is 10.0. The van der Waals surface area contributed by atoms with Crippen LogP contribution >= 0.6 is 0 Å². The normalized spacial score (nSPS) is 16.6. The van der Waals surface area contributed by atoms with Gasteiger partial charge in [0.05, 0.1) is 5.69 Å². The minimum Gasteiger partial charge on any atom is -0.508 e. The van der Waals surface area contributed by atoms with Gasteiger partial charge in [0.2, 0.25) is 0 Å². The number of hydrogen-bond donors (Lipinski definition) is 2. The average molecular weight is 471 g/mol. The van der Waals surface area contributed by atoms with Gasteiger partial charge in [-0.2, -0.15) is 0 Å². The van der Waals surface area contributed by atoms with Crippen molar-refractivity contribution >= 4 is 10.9 Å². The average Bonchev–Trinajstić information content (AvgIpc) is 3.12. The first kappa shape index (κ1) is 23.3. The second-order valence-corrected chi connectivity index (χ2v) is 9.68. The first-order valence-corrected chi connectivity index (χ1v) is 12.6. The minimum absolute atomic E-state index is 0.238. The monoisotopic (exact) mass is 470 g/mol. The molecule has 1 aromatic heterocycles. The van der Waals surface area contributed by atoms with Crippen molar-refractivity contribution in [2.45, 2.75) is 45.7 Å². The van der Waals surface area contributed by atoms with Crippen molar-refractivity contribution in [3.63, 3.8) is 0 Å². The van der Waals surface area contributed by atoms with Gasteiger partial charge in [-0.3, -0.25) is 4.90 Å². The maximum atomic E-state index is 10.1. The number of aryl methyl sites for hydroxylation is 1. The quantitative estimate of drug-likeness (QED) is 0.331. The third kappa shape index (κ3) is 5.01. The lowest BCUT2D eigenvalue weighted by molar-refractivity contribution is 0.133. The Hall–Kier alpha value is -3.44. The Kier molecular flexibility index (Phi) is 6.69. The van der Waals surface area contributed by atoms with Crippen molar-refractivity contribution in [3.05, 3.63) is 77.9 Å². The minimum atomic E-state index is 0.238. The van der Waals surface area contributed by atoms with Crippen molar-refractivity contribution in [1.82, 2.24) is 9.47 Å². The fourth-order valence-corrected chi connectivity index (χ4v) is 5.34. The first-order chi connectivity index (χ1) is 17.0. The number of phenols is 2. The fourth-order valence-electron chi connectivity index (χ4n) is 5.34. The van der Waals surface area contributed by atoms with E-state index in [1.54, 1.807) is 18.2 Å². The molecule has 0 spiro atoms. The van der Waals surface area contributed by atoms with Crippen LogP contribution in [0.3, 0.4) is 0 Å². The molecule has 3 aromatic carbocycles. The van der Waals surface area contributed by atoms with E-state index in [2.05, 4.69) is 35.4 Å². The van der Waals surface area contributed by atoms with E-state index in [0.717, 1.165) is 45.6 Å². The first-order valence-electron chi connectivity index (χ1n) is 12.6. The third-order valence-electron chi connectivity index (χ3n) is 7.27. The van der Waals surface area contributed by atoms with E-state index in [1.165, 1.54) is 25.8 Å². The fraction of sp³-hybridized carbons (Fsp3) is 0.333. The maximum Gasteiger partial charge on any atom is 0.119 e. The number of aromatic nitrogens is 1. The molecule has 1 aliphatic rings. The second-order valence-electron chi connectivity index (χ2n) is 9.68. The molecule has 1 atom stereocenters. The van der Waals surface area contributed by atoms with Gasteiger partial charge < -0.3 is 19.5 Å². The number of likely N-dealkylation sites (tertiary alicyclic amines) is 1. The van der Waals surface area contributed by atoms with E-state index in [-0.39, 0.29) is 11.5 Å². The van der Waals surface area contributed by atoms with Crippen LogP contribution in [-0.2, 0) is 6.54 Å². The summed E-state index contributed by atoms with van der Waals surface area (Å²) in [5.74, 6) is 1.38. The summed E-state index contributed by atoms with van der Waals surface area (Å²) in [5.41, 5.74) is 5.28. The molecule has 0 aliphatic carbocycles. The van der Waals surface area contributed by atoms with E-state index in [9.17, 15) is 10.2 Å². The van der Waals surface area contributed by atoms with Gasteiger partial charge in [0, 0.05) is 35.6 Å². The van der Waals surface area contributed by atoms with Gasteiger partial charge in [-0.05, 0) is 86.8 Å². The summed E-state index contributed by atoms with van der Waals surface area (Å²) in [5, 5.41) is 21.2. The molecule has 1 saturated heterocycles. The Morgan fingerprint density at radius 1 is 0.943 bits per heavy atom. The van der Waals surface area contributed by atoms with Gasteiger partial charge in [-0.25, -0.2) is 0 Å². The van der Waals surface area contributed by atoms with Gasteiger partial charge in [0.15, 0.2) is 0 Å². The van der Waals surface area contributed by atoms with Crippen LogP contribution in [0.4, 0.5) is 0 Å². The molecule has 0 radical (unpaired) electrons. The molecule has 5 nitrogen and oxygen atoms in total. The Balaban J connectivity index is 1.37.